The molecule has 1 aliphatic rings. The second-order valence-electron chi connectivity index (χ2n) is 8.99. The second-order valence-corrected chi connectivity index (χ2v) is 8.99. The third kappa shape index (κ3) is 5.03. The molecule has 0 radical (unpaired) electrons. The van der Waals surface area contributed by atoms with Crippen LogP contribution in [-0.4, -0.2) is 12.5 Å². The summed E-state index contributed by atoms with van der Waals surface area (Å²) in [4.78, 5) is 14.5. The third-order valence-electron chi connectivity index (χ3n) is 5.00. The maximum Gasteiger partial charge on any atom is 0.224 e. The number of hydrogen-bond donors (Lipinski definition) is 1. The Morgan fingerprint density at radius 1 is 1.07 bits per heavy atom. The van der Waals surface area contributed by atoms with Gasteiger partial charge in [-0.3, -0.25) is 4.79 Å². The van der Waals surface area contributed by atoms with Crippen LogP contribution in [0.1, 0.15) is 49.4 Å². The van der Waals surface area contributed by atoms with Crippen molar-refractivity contribution >= 4 is 23.4 Å². The van der Waals surface area contributed by atoms with Crippen LogP contribution in [0.2, 0.25) is 0 Å². The van der Waals surface area contributed by atoms with E-state index in [4.69, 9.17) is 0 Å². The van der Waals surface area contributed by atoms with Crippen LogP contribution in [0.3, 0.4) is 0 Å². The quantitative estimate of drug-likeness (QED) is 0.689. The molecule has 1 aliphatic heterocycles. The van der Waals surface area contributed by atoms with Gasteiger partial charge in [0.05, 0.1) is 0 Å². The van der Waals surface area contributed by atoms with Crippen LogP contribution in [0, 0.1) is 30.9 Å². The fourth-order valence-electron chi connectivity index (χ4n) is 3.65. The first-order valence-corrected chi connectivity index (χ1v) is 9.84. The summed E-state index contributed by atoms with van der Waals surface area (Å²) in [6, 6.07) is 6.57. The van der Waals surface area contributed by atoms with Gasteiger partial charge in [-0.05, 0) is 65.8 Å². The highest BCUT2D eigenvalue weighted by molar-refractivity contribution is 5.93. The molecule has 0 aromatic heterocycles. The van der Waals surface area contributed by atoms with Gasteiger partial charge in [-0.2, -0.15) is 0 Å². The average Bonchev–Trinajstić information content (AvgIpc) is 2.79. The van der Waals surface area contributed by atoms with Crippen molar-refractivity contribution in [2.24, 2.45) is 5.41 Å². The van der Waals surface area contributed by atoms with Gasteiger partial charge in [-0.15, -0.1) is 0 Å². The number of fused-ring (bicyclic) bond motifs is 1. The summed E-state index contributed by atoms with van der Waals surface area (Å²) in [5, 5.41) is 3.04. The summed E-state index contributed by atoms with van der Waals surface area (Å²) >= 11 is 0. The Bertz CT molecular complexity index is 951. The number of benzene rings is 2. The normalized spacial score (nSPS) is 13.8. The zero-order valence-corrected chi connectivity index (χ0v) is 17.7. The van der Waals surface area contributed by atoms with E-state index in [2.05, 4.69) is 10.2 Å². The summed E-state index contributed by atoms with van der Waals surface area (Å²) in [7, 11) is 0. The van der Waals surface area contributed by atoms with E-state index in [-0.39, 0.29) is 11.3 Å². The maximum absolute atomic E-state index is 13.7. The molecule has 0 atom stereocenters. The van der Waals surface area contributed by atoms with Crippen LogP contribution in [0.4, 0.5) is 20.2 Å². The van der Waals surface area contributed by atoms with Crippen molar-refractivity contribution in [2.45, 2.75) is 47.6 Å². The number of halogens is 2. The Hall–Kier alpha value is -2.69. The molecule has 0 saturated carbocycles. The average molecular weight is 398 g/mol. The first-order chi connectivity index (χ1) is 13.5. The smallest absolute Gasteiger partial charge is 0.224 e. The first kappa shape index (κ1) is 21.0. The Balaban J connectivity index is 1.85. The molecule has 0 unspecified atom stereocenters. The number of aryl methyl sites for hydroxylation is 2. The number of anilines is 2. The van der Waals surface area contributed by atoms with Gasteiger partial charge in [0.25, 0.3) is 0 Å². The highest BCUT2D eigenvalue weighted by atomic mass is 19.2. The zero-order chi connectivity index (χ0) is 21.3. The number of carbonyl (C=O) groups excluding carboxylic acids is 1. The Morgan fingerprint density at radius 3 is 2.31 bits per heavy atom. The van der Waals surface area contributed by atoms with E-state index in [1.54, 1.807) is 0 Å². The van der Waals surface area contributed by atoms with Crippen LogP contribution in [0.15, 0.2) is 30.3 Å². The minimum atomic E-state index is -0.830. The van der Waals surface area contributed by atoms with Crippen LogP contribution < -0.4 is 10.2 Å². The van der Waals surface area contributed by atoms with Gasteiger partial charge in [-0.25, -0.2) is 8.78 Å². The minimum absolute atomic E-state index is 0.000542. The number of hydrogen-bond acceptors (Lipinski definition) is 2. The van der Waals surface area contributed by atoms with Gasteiger partial charge in [0.1, 0.15) is 0 Å². The van der Waals surface area contributed by atoms with Crippen LogP contribution in [0.25, 0.3) is 6.08 Å². The topological polar surface area (TPSA) is 32.3 Å². The molecule has 1 amide bonds. The molecular weight excluding hydrogens is 370 g/mol. The van der Waals surface area contributed by atoms with Crippen LogP contribution in [0.5, 0.6) is 0 Å². The molecule has 2 aromatic carbocycles. The molecule has 2 aromatic rings. The summed E-state index contributed by atoms with van der Waals surface area (Å²) in [6.07, 6.45) is 4.23. The first-order valence-electron chi connectivity index (χ1n) is 9.84. The van der Waals surface area contributed by atoms with Crippen molar-refractivity contribution in [2.75, 3.05) is 16.8 Å². The van der Waals surface area contributed by atoms with Crippen molar-refractivity contribution in [1.82, 2.24) is 0 Å². The Morgan fingerprint density at radius 2 is 1.69 bits per heavy atom. The van der Waals surface area contributed by atoms with Crippen molar-refractivity contribution < 1.29 is 13.6 Å². The fraction of sp³-hybridized carbons (Fsp3) is 0.375. The third-order valence-corrected chi connectivity index (χ3v) is 5.00. The van der Waals surface area contributed by atoms with E-state index in [1.807, 2.05) is 58.9 Å². The lowest BCUT2D eigenvalue weighted by Gasteiger charge is -2.25. The summed E-state index contributed by atoms with van der Waals surface area (Å²) in [6.45, 7) is 11.2. The van der Waals surface area contributed by atoms with E-state index >= 15 is 0 Å². The van der Waals surface area contributed by atoms with Gasteiger partial charge in [0.15, 0.2) is 11.6 Å². The molecule has 154 valence electrons. The Labute approximate surface area is 171 Å². The predicted octanol–water partition coefficient (Wildman–Crippen LogP) is 5.99. The zero-order valence-electron chi connectivity index (χ0n) is 17.7. The monoisotopic (exact) mass is 398 g/mol. The molecule has 0 fully saturated rings. The molecule has 0 aliphatic carbocycles. The molecule has 1 N–H and O–H groups in total. The van der Waals surface area contributed by atoms with Gasteiger partial charge in [0, 0.05) is 30.9 Å². The minimum Gasteiger partial charge on any atom is -0.363 e. The van der Waals surface area contributed by atoms with Crippen molar-refractivity contribution in [3.8, 4) is 0 Å². The summed E-state index contributed by atoms with van der Waals surface area (Å²) < 4.78 is 27.3. The number of rotatable bonds is 3. The van der Waals surface area contributed by atoms with Gasteiger partial charge in [0.2, 0.25) is 5.91 Å². The maximum atomic E-state index is 13.7. The molecule has 0 bridgehead atoms. The highest BCUT2D eigenvalue weighted by Crippen LogP contribution is 2.31. The van der Waals surface area contributed by atoms with E-state index in [1.165, 1.54) is 12.1 Å². The van der Waals surface area contributed by atoms with Crippen molar-refractivity contribution in [1.29, 1.82) is 0 Å². The van der Waals surface area contributed by atoms with Gasteiger partial charge < -0.3 is 10.2 Å². The fourth-order valence-corrected chi connectivity index (χ4v) is 3.65. The molecule has 5 heteroatoms. The van der Waals surface area contributed by atoms with E-state index in [0.717, 1.165) is 28.1 Å². The molecule has 3 rings (SSSR count). The Kier molecular flexibility index (Phi) is 5.78. The largest absolute Gasteiger partial charge is 0.363 e. The SMILES string of the molecule is Cc1cc(N2CC=Cc3cc(F)c(F)cc3C2)cc(C)c1NC(=O)CC(C)(C)C. The number of carbonyl (C=O) groups is 1. The standard InChI is InChI=1S/C24H28F2N2O/c1-15-9-19(10-16(2)23(15)27-22(29)13-24(3,4)5)28-8-6-7-17-11-20(25)21(26)12-18(17)14-28/h6-7,9-12H,8,13-14H2,1-5H3,(H,27,29). The molecule has 29 heavy (non-hydrogen) atoms. The van der Waals surface area contributed by atoms with Crippen molar-refractivity contribution in [3.63, 3.8) is 0 Å². The molecule has 0 spiro atoms. The molecular formula is C24H28F2N2O. The molecule has 1 heterocycles. The number of amides is 1. The van der Waals surface area contributed by atoms with Gasteiger partial charge in [-0.1, -0.05) is 32.9 Å². The summed E-state index contributed by atoms with van der Waals surface area (Å²) in [5.41, 5.74) is 5.13. The van der Waals surface area contributed by atoms with Gasteiger partial charge >= 0.3 is 0 Å². The highest BCUT2D eigenvalue weighted by Gasteiger charge is 2.19. The van der Waals surface area contributed by atoms with E-state index in [0.29, 0.717) is 25.1 Å². The number of nitrogens with one attached hydrogen (secondary N) is 1. The summed E-state index contributed by atoms with van der Waals surface area (Å²) in [5.74, 6) is -1.66. The predicted molar refractivity (Wildman–Crippen MR) is 115 cm³/mol. The number of nitrogens with zero attached hydrogens (tertiary/aromatic N) is 1. The van der Waals surface area contributed by atoms with Crippen LogP contribution >= 0.6 is 0 Å². The van der Waals surface area contributed by atoms with E-state index < -0.39 is 11.6 Å². The van der Waals surface area contributed by atoms with E-state index in [9.17, 15) is 13.6 Å². The second kappa shape index (κ2) is 7.97. The molecule has 0 saturated heterocycles. The van der Waals surface area contributed by atoms with Crippen LogP contribution in [-0.2, 0) is 11.3 Å². The molecule has 3 nitrogen and oxygen atoms in total. The van der Waals surface area contributed by atoms with Crippen molar-refractivity contribution in [3.05, 3.63) is 64.2 Å². The lowest BCUT2D eigenvalue weighted by Crippen LogP contribution is -2.23. The lowest BCUT2D eigenvalue weighted by molar-refractivity contribution is -0.117. The lowest BCUT2D eigenvalue weighted by atomic mass is 9.92.